The molecule has 4 nitrogen and oxygen atoms in total. The summed E-state index contributed by atoms with van der Waals surface area (Å²) in [6.07, 6.45) is 2.57. The summed E-state index contributed by atoms with van der Waals surface area (Å²) < 4.78 is 7.99. The van der Waals surface area contributed by atoms with E-state index in [1.165, 1.54) is 5.69 Å². The third-order valence-corrected chi connectivity index (χ3v) is 3.53. The zero-order valence-corrected chi connectivity index (χ0v) is 11.8. The number of hydrogen-bond acceptors (Lipinski definition) is 3. The molecule has 0 radical (unpaired) electrons. The SMILES string of the molecule is CNC(Cc1cc(C)nn1C)c1ccoc1Br. The molecule has 2 heterocycles. The van der Waals surface area contributed by atoms with Gasteiger partial charge in [-0.3, -0.25) is 4.68 Å². The largest absolute Gasteiger partial charge is 0.457 e. The number of halogens is 1. The first-order chi connectivity index (χ1) is 8.11. The van der Waals surface area contributed by atoms with Gasteiger partial charge in [-0.15, -0.1) is 0 Å². The van der Waals surface area contributed by atoms with E-state index in [-0.39, 0.29) is 6.04 Å². The molecule has 1 unspecified atom stereocenters. The van der Waals surface area contributed by atoms with Crippen LogP contribution < -0.4 is 5.32 Å². The van der Waals surface area contributed by atoms with Crippen LogP contribution in [-0.2, 0) is 13.5 Å². The van der Waals surface area contributed by atoms with Crippen LogP contribution in [0.3, 0.4) is 0 Å². The summed E-state index contributed by atoms with van der Waals surface area (Å²) in [7, 11) is 3.92. The Bertz CT molecular complexity index is 504. The molecular formula is C12H16BrN3O. The number of rotatable bonds is 4. The van der Waals surface area contributed by atoms with E-state index in [0.717, 1.165) is 22.3 Å². The average Bonchev–Trinajstić information content (AvgIpc) is 2.82. The molecule has 2 aromatic heterocycles. The highest BCUT2D eigenvalue weighted by atomic mass is 79.9. The smallest absolute Gasteiger partial charge is 0.173 e. The van der Waals surface area contributed by atoms with Crippen molar-refractivity contribution in [1.82, 2.24) is 15.1 Å². The lowest BCUT2D eigenvalue weighted by Crippen LogP contribution is -2.20. The molecule has 2 rings (SSSR count). The molecule has 0 aromatic carbocycles. The fourth-order valence-electron chi connectivity index (χ4n) is 1.99. The van der Waals surface area contributed by atoms with E-state index in [1.807, 2.05) is 31.8 Å². The molecule has 0 saturated carbocycles. The van der Waals surface area contributed by atoms with Crippen molar-refractivity contribution in [2.45, 2.75) is 19.4 Å². The van der Waals surface area contributed by atoms with Crippen LogP contribution in [0.15, 0.2) is 27.5 Å². The van der Waals surface area contributed by atoms with Gasteiger partial charge in [-0.2, -0.15) is 5.10 Å². The Morgan fingerprint density at radius 1 is 1.59 bits per heavy atom. The van der Waals surface area contributed by atoms with Crippen molar-refractivity contribution < 1.29 is 4.42 Å². The molecule has 92 valence electrons. The van der Waals surface area contributed by atoms with Crippen LogP contribution in [0.4, 0.5) is 0 Å². The standard InChI is InChI=1S/C12H16BrN3O/c1-8-6-9(16(3)15-8)7-11(14-2)10-4-5-17-12(10)13/h4-6,11,14H,7H2,1-3H3. The maximum atomic E-state index is 5.27. The summed E-state index contributed by atoms with van der Waals surface area (Å²) >= 11 is 3.42. The molecule has 17 heavy (non-hydrogen) atoms. The second-order valence-corrected chi connectivity index (χ2v) is 4.82. The predicted molar refractivity (Wildman–Crippen MR) is 69.9 cm³/mol. The van der Waals surface area contributed by atoms with Crippen molar-refractivity contribution in [3.05, 3.63) is 40.0 Å². The molecule has 2 aromatic rings. The fraction of sp³-hybridized carbons (Fsp3) is 0.417. The number of nitrogens with one attached hydrogen (secondary N) is 1. The summed E-state index contributed by atoms with van der Waals surface area (Å²) in [5.74, 6) is 0. The van der Waals surface area contributed by atoms with Crippen molar-refractivity contribution in [3.63, 3.8) is 0 Å². The minimum Gasteiger partial charge on any atom is -0.457 e. The van der Waals surface area contributed by atoms with Crippen LogP contribution >= 0.6 is 15.9 Å². The summed E-state index contributed by atoms with van der Waals surface area (Å²) in [6.45, 7) is 2.01. The first-order valence-corrected chi connectivity index (χ1v) is 6.30. The highest BCUT2D eigenvalue weighted by Gasteiger charge is 2.17. The molecule has 0 amide bonds. The first kappa shape index (κ1) is 12.4. The van der Waals surface area contributed by atoms with Crippen molar-refractivity contribution >= 4 is 15.9 Å². The van der Waals surface area contributed by atoms with Gasteiger partial charge in [0.05, 0.1) is 12.0 Å². The van der Waals surface area contributed by atoms with Gasteiger partial charge in [0.25, 0.3) is 0 Å². The Hall–Kier alpha value is -1.07. The topological polar surface area (TPSA) is 43.0 Å². The normalized spacial score (nSPS) is 12.9. The Kier molecular flexibility index (Phi) is 3.69. The van der Waals surface area contributed by atoms with Gasteiger partial charge in [0.1, 0.15) is 0 Å². The Labute approximate surface area is 109 Å². The fourth-order valence-corrected chi connectivity index (χ4v) is 2.50. The molecule has 5 heteroatoms. The molecule has 0 aliphatic carbocycles. The predicted octanol–water partition coefficient (Wildman–Crippen LogP) is 2.59. The van der Waals surface area contributed by atoms with Gasteiger partial charge in [-0.05, 0) is 42.0 Å². The maximum absolute atomic E-state index is 5.27. The second kappa shape index (κ2) is 5.06. The third kappa shape index (κ3) is 2.61. The lowest BCUT2D eigenvalue weighted by molar-refractivity contribution is 0.512. The lowest BCUT2D eigenvalue weighted by atomic mass is 10.1. The molecule has 0 bridgehead atoms. The van der Waals surface area contributed by atoms with Crippen molar-refractivity contribution in [3.8, 4) is 0 Å². The van der Waals surface area contributed by atoms with Crippen LogP contribution in [0.2, 0.25) is 0 Å². The van der Waals surface area contributed by atoms with Gasteiger partial charge < -0.3 is 9.73 Å². The minimum atomic E-state index is 0.220. The van der Waals surface area contributed by atoms with Crippen molar-refractivity contribution in [2.75, 3.05) is 7.05 Å². The molecule has 0 saturated heterocycles. The number of aromatic nitrogens is 2. The number of hydrogen-bond donors (Lipinski definition) is 1. The van der Waals surface area contributed by atoms with E-state index < -0.39 is 0 Å². The van der Waals surface area contributed by atoms with Gasteiger partial charge in [-0.1, -0.05) is 0 Å². The van der Waals surface area contributed by atoms with E-state index in [9.17, 15) is 0 Å². The maximum Gasteiger partial charge on any atom is 0.173 e. The summed E-state index contributed by atoms with van der Waals surface area (Å²) in [6, 6.07) is 4.31. The highest BCUT2D eigenvalue weighted by molar-refractivity contribution is 9.10. The summed E-state index contributed by atoms with van der Waals surface area (Å²) in [4.78, 5) is 0. The van der Waals surface area contributed by atoms with Gasteiger partial charge in [-0.25, -0.2) is 0 Å². The Morgan fingerprint density at radius 3 is 2.82 bits per heavy atom. The molecule has 0 aliphatic heterocycles. The van der Waals surface area contributed by atoms with E-state index in [4.69, 9.17) is 4.42 Å². The zero-order valence-electron chi connectivity index (χ0n) is 10.2. The van der Waals surface area contributed by atoms with Crippen molar-refractivity contribution in [2.24, 2.45) is 7.05 Å². The quantitative estimate of drug-likeness (QED) is 0.943. The first-order valence-electron chi connectivity index (χ1n) is 5.51. The minimum absolute atomic E-state index is 0.220. The van der Waals surface area contributed by atoms with Crippen molar-refractivity contribution in [1.29, 1.82) is 0 Å². The van der Waals surface area contributed by atoms with Crippen LogP contribution in [0, 0.1) is 6.92 Å². The van der Waals surface area contributed by atoms with Gasteiger partial charge in [0, 0.05) is 30.8 Å². The van der Waals surface area contributed by atoms with E-state index in [0.29, 0.717) is 0 Å². The Balaban J connectivity index is 2.21. The lowest BCUT2D eigenvalue weighted by Gasteiger charge is -2.15. The number of aryl methyl sites for hydroxylation is 2. The number of furan rings is 1. The highest BCUT2D eigenvalue weighted by Crippen LogP contribution is 2.26. The molecule has 0 fully saturated rings. The van der Waals surface area contributed by atoms with Crippen LogP contribution in [0.25, 0.3) is 0 Å². The van der Waals surface area contributed by atoms with Gasteiger partial charge >= 0.3 is 0 Å². The van der Waals surface area contributed by atoms with E-state index in [2.05, 4.69) is 32.4 Å². The summed E-state index contributed by atoms with van der Waals surface area (Å²) in [5, 5.41) is 7.66. The molecule has 1 N–H and O–H groups in total. The number of likely N-dealkylation sites (N-methyl/N-ethyl adjacent to an activating group) is 1. The van der Waals surface area contributed by atoms with E-state index >= 15 is 0 Å². The monoisotopic (exact) mass is 297 g/mol. The van der Waals surface area contributed by atoms with Crippen LogP contribution in [-0.4, -0.2) is 16.8 Å². The van der Waals surface area contributed by atoms with Gasteiger partial charge in [0.15, 0.2) is 4.67 Å². The zero-order chi connectivity index (χ0) is 12.4. The number of nitrogens with zero attached hydrogens (tertiary/aromatic N) is 2. The molecule has 0 aliphatic rings. The molecule has 0 spiro atoms. The third-order valence-electron chi connectivity index (χ3n) is 2.88. The second-order valence-electron chi connectivity index (χ2n) is 4.10. The average molecular weight is 298 g/mol. The van der Waals surface area contributed by atoms with Crippen LogP contribution in [0.1, 0.15) is 23.0 Å². The van der Waals surface area contributed by atoms with Crippen LogP contribution in [0.5, 0.6) is 0 Å². The summed E-state index contributed by atoms with van der Waals surface area (Å²) in [5.41, 5.74) is 3.38. The van der Waals surface area contributed by atoms with E-state index in [1.54, 1.807) is 6.26 Å². The van der Waals surface area contributed by atoms with Gasteiger partial charge in [0.2, 0.25) is 0 Å². The molecule has 1 atom stereocenters. The Morgan fingerprint density at radius 2 is 2.35 bits per heavy atom. The molecular weight excluding hydrogens is 282 g/mol.